The minimum atomic E-state index is -4.15. The Kier molecular flexibility index (Phi) is 2.87. The maximum absolute atomic E-state index is 12.6. The van der Waals surface area contributed by atoms with E-state index in [-0.39, 0.29) is 5.69 Å². The van der Waals surface area contributed by atoms with Crippen molar-refractivity contribution in [3.8, 4) is 0 Å². The highest BCUT2D eigenvalue weighted by Gasteiger charge is 2.34. The van der Waals surface area contributed by atoms with Crippen molar-refractivity contribution >= 4 is 0 Å². The molecule has 2 nitrogen and oxygen atoms in total. The van der Waals surface area contributed by atoms with Crippen LogP contribution in [0.5, 0.6) is 0 Å². The van der Waals surface area contributed by atoms with Gasteiger partial charge in [0.15, 0.2) is 0 Å². The van der Waals surface area contributed by atoms with Gasteiger partial charge in [-0.2, -0.15) is 13.2 Å². The van der Waals surface area contributed by atoms with Crippen LogP contribution in [0.3, 0.4) is 0 Å². The molecule has 0 saturated heterocycles. The lowest BCUT2D eigenvalue weighted by Gasteiger charge is -2.27. The normalized spacial score (nSPS) is 20.6. The third-order valence-electron chi connectivity index (χ3n) is 4.07. The molecular weight excluding hydrogens is 241 g/mol. The van der Waals surface area contributed by atoms with Gasteiger partial charge in [0.1, 0.15) is 5.82 Å². The molecule has 1 aromatic heterocycles. The van der Waals surface area contributed by atoms with Gasteiger partial charge in [-0.05, 0) is 32.1 Å². The molecule has 100 valence electrons. The molecule has 1 fully saturated rings. The molecule has 0 bridgehead atoms. The van der Waals surface area contributed by atoms with Crippen molar-refractivity contribution in [3.63, 3.8) is 0 Å². The molecule has 3 rings (SSSR count). The molecule has 0 N–H and O–H groups in total. The molecule has 2 aliphatic rings. The third kappa shape index (κ3) is 2.15. The maximum Gasteiger partial charge on any atom is 0.394 e. The van der Waals surface area contributed by atoms with E-state index in [4.69, 9.17) is 0 Å². The number of hydrogen-bond acceptors (Lipinski definition) is 1. The van der Waals surface area contributed by atoms with Crippen LogP contribution >= 0.6 is 0 Å². The first-order valence-electron chi connectivity index (χ1n) is 6.69. The first-order valence-corrected chi connectivity index (χ1v) is 6.69. The zero-order valence-electron chi connectivity index (χ0n) is 10.3. The van der Waals surface area contributed by atoms with Crippen LogP contribution in [0.25, 0.3) is 0 Å². The Bertz CT molecular complexity index is 444. The fraction of sp³-hybridized carbons (Fsp3) is 0.769. The predicted octanol–water partition coefficient (Wildman–Crippen LogP) is 3.59. The van der Waals surface area contributed by atoms with Gasteiger partial charge in [-0.3, -0.25) is 0 Å². The summed E-state index contributed by atoms with van der Waals surface area (Å²) in [5.41, 5.74) is 1.13. The molecule has 0 amide bonds. The first kappa shape index (κ1) is 12.1. The third-order valence-corrected chi connectivity index (χ3v) is 4.07. The van der Waals surface area contributed by atoms with E-state index in [2.05, 4.69) is 9.55 Å². The van der Waals surface area contributed by atoms with Crippen LogP contribution in [-0.4, -0.2) is 15.7 Å². The number of nitrogens with zero attached hydrogens (tertiary/aromatic N) is 2. The quantitative estimate of drug-likeness (QED) is 0.792. The largest absolute Gasteiger partial charge is 0.394 e. The van der Waals surface area contributed by atoms with E-state index in [1.165, 1.54) is 6.42 Å². The monoisotopic (exact) mass is 258 g/mol. The molecular formula is C13H17F3N2. The summed E-state index contributed by atoms with van der Waals surface area (Å²) in [6.07, 6.45) is 1.14. The zero-order valence-corrected chi connectivity index (χ0v) is 10.3. The van der Waals surface area contributed by atoms with Crippen molar-refractivity contribution in [3.05, 3.63) is 17.2 Å². The number of halogens is 3. The van der Waals surface area contributed by atoms with Crippen LogP contribution in [0.4, 0.5) is 13.2 Å². The molecule has 18 heavy (non-hydrogen) atoms. The lowest BCUT2D eigenvalue weighted by Crippen LogP contribution is -2.19. The second-order valence-corrected chi connectivity index (χ2v) is 5.39. The van der Waals surface area contributed by atoms with Crippen molar-refractivity contribution in [2.45, 2.75) is 63.6 Å². The first-order chi connectivity index (χ1) is 8.54. The van der Waals surface area contributed by atoms with Gasteiger partial charge in [-0.15, -0.1) is 0 Å². The Morgan fingerprint density at radius 3 is 2.56 bits per heavy atom. The van der Waals surface area contributed by atoms with Crippen molar-refractivity contribution in [1.29, 1.82) is 0 Å². The van der Waals surface area contributed by atoms with Crippen molar-refractivity contribution in [1.82, 2.24) is 9.55 Å². The molecule has 1 aromatic rings. The fourth-order valence-corrected chi connectivity index (χ4v) is 2.96. The highest BCUT2D eigenvalue weighted by Crippen LogP contribution is 2.38. The number of rotatable bonds is 2. The van der Waals surface area contributed by atoms with Crippen molar-refractivity contribution < 1.29 is 13.2 Å². The Hall–Kier alpha value is -1.00. The van der Waals surface area contributed by atoms with Gasteiger partial charge in [-0.25, -0.2) is 4.98 Å². The summed E-state index contributed by atoms with van der Waals surface area (Å²) in [5.74, 6) is 1.33. The van der Waals surface area contributed by atoms with Crippen LogP contribution in [-0.2, 0) is 19.4 Å². The summed E-state index contributed by atoms with van der Waals surface area (Å²) >= 11 is 0. The SMILES string of the molecule is FC(F)(F)Cc1nc(C2CCC2)n2c1CCCC2. The van der Waals surface area contributed by atoms with Crippen LogP contribution in [0.1, 0.15) is 55.2 Å². The minimum absolute atomic E-state index is 0.282. The molecule has 0 atom stereocenters. The van der Waals surface area contributed by atoms with Gasteiger partial charge in [0, 0.05) is 18.2 Å². The Labute approximate surface area is 104 Å². The van der Waals surface area contributed by atoms with E-state index in [0.717, 1.165) is 50.2 Å². The molecule has 5 heteroatoms. The van der Waals surface area contributed by atoms with E-state index in [9.17, 15) is 13.2 Å². The van der Waals surface area contributed by atoms with E-state index in [1.807, 2.05) is 0 Å². The van der Waals surface area contributed by atoms with E-state index in [1.54, 1.807) is 0 Å². The molecule has 2 heterocycles. The maximum atomic E-state index is 12.6. The number of hydrogen-bond donors (Lipinski definition) is 0. The predicted molar refractivity (Wildman–Crippen MR) is 61.5 cm³/mol. The summed E-state index contributed by atoms with van der Waals surface area (Å²) in [6.45, 7) is 0.853. The number of aromatic nitrogens is 2. The summed E-state index contributed by atoms with van der Waals surface area (Å²) < 4.78 is 39.8. The zero-order chi connectivity index (χ0) is 12.8. The Balaban J connectivity index is 1.95. The molecule has 1 saturated carbocycles. The van der Waals surface area contributed by atoms with Gasteiger partial charge >= 0.3 is 6.18 Å². The fourth-order valence-electron chi connectivity index (χ4n) is 2.96. The highest BCUT2D eigenvalue weighted by molar-refractivity contribution is 5.23. The van der Waals surface area contributed by atoms with Gasteiger partial charge in [0.2, 0.25) is 0 Å². The lowest BCUT2D eigenvalue weighted by atomic mass is 9.84. The van der Waals surface area contributed by atoms with Gasteiger partial charge in [-0.1, -0.05) is 6.42 Å². The lowest BCUT2D eigenvalue weighted by molar-refractivity contribution is -0.127. The summed E-state index contributed by atoms with van der Waals surface area (Å²) in [5, 5.41) is 0. The van der Waals surface area contributed by atoms with Gasteiger partial charge < -0.3 is 4.57 Å². The van der Waals surface area contributed by atoms with Crippen LogP contribution in [0.2, 0.25) is 0 Å². The second kappa shape index (κ2) is 4.28. The van der Waals surface area contributed by atoms with Crippen molar-refractivity contribution in [2.24, 2.45) is 0 Å². The topological polar surface area (TPSA) is 17.8 Å². The highest BCUT2D eigenvalue weighted by atomic mass is 19.4. The minimum Gasteiger partial charge on any atom is -0.332 e. The molecule has 0 aromatic carbocycles. The summed E-state index contributed by atoms with van der Waals surface area (Å²) in [4.78, 5) is 4.34. The Morgan fingerprint density at radius 2 is 1.94 bits per heavy atom. The van der Waals surface area contributed by atoms with Crippen LogP contribution in [0.15, 0.2) is 0 Å². The van der Waals surface area contributed by atoms with Crippen LogP contribution in [0, 0.1) is 0 Å². The van der Waals surface area contributed by atoms with Crippen LogP contribution < -0.4 is 0 Å². The van der Waals surface area contributed by atoms with Gasteiger partial charge in [0.25, 0.3) is 0 Å². The molecule has 1 aliphatic heterocycles. The summed E-state index contributed by atoms with van der Waals surface area (Å²) in [6, 6.07) is 0. The number of fused-ring (bicyclic) bond motifs is 1. The van der Waals surface area contributed by atoms with E-state index in [0.29, 0.717) is 5.92 Å². The molecule has 0 unspecified atom stereocenters. The summed E-state index contributed by atoms with van der Waals surface area (Å²) in [7, 11) is 0. The number of alkyl halides is 3. The van der Waals surface area contributed by atoms with Crippen molar-refractivity contribution in [2.75, 3.05) is 0 Å². The van der Waals surface area contributed by atoms with Gasteiger partial charge in [0.05, 0.1) is 12.1 Å². The average molecular weight is 258 g/mol. The number of imidazole rings is 1. The van der Waals surface area contributed by atoms with E-state index < -0.39 is 12.6 Å². The standard InChI is InChI=1S/C13H17F3N2/c14-13(15,16)8-10-11-6-1-2-7-18(11)12(17-10)9-4-3-5-9/h9H,1-8H2. The molecule has 0 radical (unpaired) electrons. The average Bonchev–Trinajstić information content (AvgIpc) is 2.54. The molecule has 0 spiro atoms. The van der Waals surface area contributed by atoms with E-state index >= 15 is 0 Å². The smallest absolute Gasteiger partial charge is 0.332 e. The molecule has 1 aliphatic carbocycles. The Morgan fingerprint density at radius 1 is 1.17 bits per heavy atom. The second-order valence-electron chi connectivity index (χ2n) is 5.39.